The molecule has 0 saturated heterocycles. The number of hydrogen-bond acceptors (Lipinski definition) is 5. The third-order valence-corrected chi connectivity index (χ3v) is 8.90. The minimum absolute atomic E-state index is 0.576. The van der Waals surface area contributed by atoms with Crippen LogP contribution < -0.4 is 4.90 Å². The van der Waals surface area contributed by atoms with Crippen LogP contribution in [-0.4, -0.2) is 4.98 Å². The van der Waals surface area contributed by atoms with Gasteiger partial charge in [-0.2, -0.15) is 0 Å². The highest BCUT2D eigenvalue weighted by molar-refractivity contribution is 6.14. The Morgan fingerprint density at radius 1 is 0.457 bits per heavy atom. The van der Waals surface area contributed by atoms with Gasteiger partial charge in [0.05, 0.1) is 17.1 Å². The van der Waals surface area contributed by atoms with E-state index in [1.807, 2.05) is 54.6 Å². The second kappa shape index (κ2) is 9.58. The van der Waals surface area contributed by atoms with Crippen LogP contribution in [0.2, 0.25) is 0 Å². The number of benzene rings is 7. The fraction of sp³-hybridized carbons (Fsp3) is 0. The van der Waals surface area contributed by atoms with Crippen molar-refractivity contribution < 1.29 is 13.3 Å². The summed E-state index contributed by atoms with van der Waals surface area (Å²) < 4.78 is 19.3. The van der Waals surface area contributed by atoms with E-state index in [-0.39, 0.29) is 0 Å². The quantitative estimate of drug-likeness (QED) is 0.203. The minimum atomic E-state index is 0.576. The standard InChI is InChI=1S/C41H24N2O3/c1-2-12-27-25(10-1)11-7-17-33(27)43(34-18-8-14-29-28-13-3-5-19-35(28)45-40(29)34)26-22-23-30-38(24-26)44-37-21-9-15-31(39(30)37)41-42-32-16-4-6-20-36(32)46-41/h1-24H. The van der Waals surface area contributed by atoms with Gasteiger partial charge in [-0.1, -0.05) is 84.9 Å². The first-order chi connectivity index (χ1) is 22.8. The number of furan rings is 2. The molecule has 0 spiro atoms. The zero-order valence-corrected chi connectivity index (χ0v) is 24.5. The second-order valence-corrected chi connectivity index (χ2v) is 11.5. The average molecular weight is 593 g/mol. The van der Waals surface area contributed by atoms with Gasteiger partial charge in [0.1, 0.15) is 22.3 Å². The molecular formula is C41H24N2O3. The summed E-state index contributed by atoms with van der Waals surface area (Å²) in [5, 5.41) is 6.45. The molecule has 46 heavy (non-hydrogen) atoms. The van der Waals surface area contributed by atoms with Crippen LogP contribution in [0.1, 0.15) is 0 Å². The molecule has 10 rings (SSSR count). The smallest absolute Gasteiger partial charge is 0.228 e. The fourth-order valence-electron chi connectivity index (χ4n) is 6.84. The topological polar surface area (TPSA) is 55.6 Å². The molecule has 5 nitrogen and oxygen atoms in total. The SMILES string of the molecule is c1ccc2c(N(c3ccc4c(c3)oc3cccc(-c5nc6ccccc6o5)c34)c3cccc4c3oc3ccccc34)cccc2c1. The summed E-state index contributed by atoms with van der Waals surface area (Å²) in [5.74, 6) is 0.576. The lowest BCUT2D eigenvalue weighted by Gasteiger charge is -2.26. The Labute approximate surface area is 262 Å². The Balaban J connectivity index is 1.23. The van der Waals surface area contributed by atoms with Gasteiger partial charge in [-0.25, -0.2) is 4.98 Å². The molecule has 0 aliphatic carbocycles. The molecule has 0 amide bonds. The average Bonchev–Trinajstić information content (AvgIpc) is 3.82. The van der Waals surface area contributed by atoms with Crippen LogP contribution in [0.15, 0.2) is 159 Å². The lowest BCUT2D eigenvalue weighted by atomic mass is 10.0. The highest BCUT2D eigenvalue weighted by Gasteiger charge is 2.23. The maximum Gasteiger partial charge on any atom is 0.228 e. The molecule has 0 saturated carbocycles. The lowest BCUT2D eigenvalue weighted by molar-refractivity contribution is 0.620. The summed E-state index contributed by atoms with van der Waals surface area (Å²) in [6, 6.07) is 49.7. The van der Waals surface area contributed by atoms with Crippen LogP contribution in [0.25, 0.3) is 77.2 Å². The van der Waals surface area contributed by atoms with Crippen LogP contribution in [0, 0.1) is 0 Å². The Bertz CT molecular complexity index is 2750. The molecule has 0 fully saturated rings. The number of rotatable bonds is 4. The number of hydrogen-bond donors (Lipinski definition) is 0. The number of fused-ring (bicyclic) bond motifs is 8. The molecule has 0 bridgehead atoms. The van der Waals surface area contributed by atoms with Crippen LogP contribution in [0.5, 0.6) is 0 Å². The zero-order valence-electron chi connectivity index (χ0n) is 24.5. The minimum Gasteiger partial charge on any atom is -0.456 e. The largest absolute Gasteiger partial charge is 0.456 e. The molecular weight excluding hydrogens is 568 g/mol. The molecule has 7 aromatic carbocycles. The Morgan fingerprint density at radius 3 is 2.11 bits per heavy atom. The maximum atomic E-state index is 6.56. The van der Waals surface area contributed by atoms with Crippen LogP contribution in [-0.2, 0) is 0 Å². The van der Waals surface area contributed by atoms with Crippen molar-refractivity contribution >= 4 is 82.8 Å². The summed E-state index contributed by atoms with van der Waals surface area (Å²) in [6.45, 7) is 0. The number of aromatic nitrogens is 1. The van der Waals surface area contributed by atoms with Gasteiger partial charge >= 0.3 is 0 Å². The molecule has 0 aliphatic heterocycles. The van der Waals surface area contributed by atoms with Crippen molar-refractivity contribution in [2.75, 3.05) is 4.90 Å². The van der Waals surface area contributed by atoms with Crippen LogP contribution >= 0.6 is 0 Å². The number of anilines is 3. The molecule has 3 heterocycles. The Hall–Kier alpha value is -6.33. The third kappa shape index (κ3) is 3.66. The Kier molecular flexibility index (Phi) is 5.22. The first-order valence-electron chi connectivity index (χ1n) is 15.3. The molecule has 0 N–H and O–H groups in total. The number of nitrogens with zero attached hydrogens (tertiary/aromatic N) is 2. The molecule has 216 valence electrons. The van der Waals surface area contributed by atoms with E-state index in [9.17, 15) is 0 Å². The van der Waals surface area contributed by atoms with E-state index in [1.165, 1.54) is 0 Å². The highest BCUT2D eigenvalue weighted by Crippen LogP contribution is 2.46. The van der Waals surface area contributed by atoms with E-state index < -0.39 is 0 Å². The van der Waals surface area contributed by atoms with E-state index in [0.29, 0.717) is 5.89 Å². The van der Waals surface area contributed by atoms with E-state index in [4.69, 9.17) is 18.2 Å². The summed E-state index contributed by atoms with van der Waals surface area (Å²) >= 11 is 0. The van der Waals surface area contributed by atoms with Crippen molar-refractivity contribution in [1.29, 1.82) is 0 Å². The first kappa shape index (κ1) is 25.0. The summed E-state index contributed by atoms with van der Waals surface area (Å²) in [4.78, 5) is 7.07. The summed E-state index contributed by atoms with van der Waals surface area (Å²) in [7, 11) is 0. The van der Waals surface area contributed by atoms with Crippen molar-refractivity contribution in [1.82, 2.24) is 4.98 Å². The number of oxazole rings is 1. The lowest BCUT2D eigenvalue weighted by Crippen LogP contribution is -2.10. The fourth-order valence-corrected chi connectivity index (χ4v) is 6.84. The molecule has 0 unspecified atom stereocenters. The van der Waals surface area contributed by atoms with Gasteiger partial charge in [-0.15, -0.1) is 0 Å². The van der Waals surface area contributed by atoms with E-state index in [2.05, 4.69) is 95.9 Å². The van der Waals surface area contributed by atoms with Crippen LogP contribution in [0.3, 0.4) is 0 Å². The van der Waals surface area contributed by atoms with Gasteiger partial charge in [0.2, 0.25) is 5.89 Å². The molecule has 3 aromatic heterocycles. The molecule has 0 atom stereocenters. The number of para-hydroxylation sites is 4. The monoisotopic (exact) mass is 592 g/mol. The zero-order chi connectivity index (χ0) is 30.2. The normalized spacial score (nSPS) is 11.9. The maximum absolute atomic E-state index is 6.56. The summed E-state index contributed by atoms with van der Waals surface area (Å²) in [5.41, 5.74) is 8.70. The van der Waals surface area contributed by atoms with Crippen molar-refractivity contribution in [2.24, 2.45) is 0 Å². The van der Waals surface area contributed by atoms with Crippen molar-refractivity contribution in [3.63, 3.8) is 0 Å². The predicted molar refractivity (Wildman–Crippen MR) is 186 cm³/mol. The van der Waals surface area contributed by atoms with Gasteiger partial charge in [-0.05, 0) is 60.0 Å². The predicted octanol–water partition coefficient (Wildman–Crippen LogP) is 11.9. The van der Waals surface area contributed by atoms with Crippen molar-refractivity contribution in [3.8, 4) is 11.5 Å². The molecule has 0 aliphatic rings. The van der Waals surface area contributed by atoms with Gasteiger partial charge < -0.3 is 18.2 Å². The van der Waals surface area contributed by atoms with Gasteiger partial charge in [0, 0.05) is 38.6 Å². The van der Waals surface area contributed by atoms with Crippen LogP contribution in [0.4, 0.5) is 17.1 Å². The van der Waals surface area contributed by atoms with E-state index in [1.54, 1.807) is 0 Å². The summed E-state index contributed by atoms with van der Waals surface area (Å²) in [6.07, 6.45) is 0. The van der Waals surface area contributed by atoms with E-state index >= 15 is 0 Å². The Morgan fingerprint density at radius 2 is 1.17 bits per heavy atom. The highest BCUT2D eigenvalue weighted by atomic mass is 16.4. The van der Waals surface area contributed by atoms with Gasteiger partial charge in [0.25, 0.3) is 0 Å². The van der Waals surface area contributed by atoms with Gasteiger partial charge in [-0.3, -0.25) is 0 Å². The van der Waals surface area contributed by atoms with Crippen molar-refractivity contribution in [3.05, 3.63) is 146 Å². The van der Waals surface area contributed by atoms with Crippen molar-refractivity contribution in [2.45, 2.75) is 0 Å². The first-order valence-corrected chi connectivity index (χ1v) is 15.3. The third-order valence-electron chi connectivity index (χ3n) is 8.90. The molecule has 5 heteroatoms. The second-order valence-electron chi connectivity index (χ2n) is 11.5. The van der Waals surface area contributed by atoms with E-state index in [0.717, 1.165) is 88.4 Å². The molecule has 10 aromatic rings. The molecule has 0 radical (unpaired) electrons. The van der Waals surface area contributed by atoms with Gasteiger partial charge in [0.15, 0.2) is 11.2 Å².